The third-order valence-electron chi connectivity index (χ3n) is 5.88. The number of anilines is 1. The molecule has 0 radical (unpaired) electrons. The second kappa shape index (κ2) is 6.54. The van der Waals surface area contributed by atoms with Gasteiger partial charge in [-0.2, -0.15) is 0 Å². The van der Waals surface area contributed by atoms with Gasteiger partial charge in [0.15, 0.2) is 0 Å². The van der Waals surface area contributed by atoms with Gasteiger partial charge in [-0.25, -0.2) is 0 Å². The second-order valence-corrected chi connectivity index (χ2v) is 7.77. The van der Waals surface area contributed by atoms with Crippen LogP contribution >= 0.6 is 11.6 Å². The van der Waals surface area contributed by atoms with E-state index in [-0.39, 0.29) is 19.6 Å². The largest absolute Gasteiger partial charge is 0.383 e. The van der Waals surface area contributed by atoms with Crippen molar-refractivity contribution in [2.24, 2.45) is 17.6 Å². The first-order valence-electron chi connectivity index (χ1n) is 8.91. The molecule has 148 valence electrons. The molecule has 2 saturated heterocycles. The Hall–Kier alpha value is -2.49. The zero-order chi connectivity index (χ0) is 20.2. The molecule has 0 aromatic heterocycles. The summed E-state index contributed by atoms with van der Waals surface area (Å²) in [6, 6.07) is 4.31. The zero-order valence-electron chi connectivity index (χ0n) is 15.1. The van der Waals surface area contributed by atoms with Crippen LogP contribution in [0.4, 0.5) is 5.69 Å². The minimum Gasteiger partial charge on any atom is -0.383 e. The lowest BCUT2D eigenvalue weighted by atomic mass is 9.76. The van der Waals surface area contributed by atoms with E-state index >= 15 is 0 Å². The number of nitrogens with one attached hydrogen (secondary N) is 1. The Morgan fingerprint density at radius 2 is 2.11 bits per heavy atom. The number of primary amides is 1. The second-order valence-electron chi connectivity index (χ2n) is 7.34. The Morgan fingerprint density at radius 1 is 1.36 bits per heavy atom. The van der Waals surface area contributed by atoms with E-state index in [1.807, 2.05) is 0 Å². The third kappa shape index (κ3) is 2.47. The van der Waals surface area contributed by atoms with E-state index in [1.165, 1.54) is 7.11 Å². The van der Waals surface area contributed by atoms with E-state index in [0.717, 1.165) is 4.90 Å². The van der Waals surface area contributed by atoms with Crippen molar-refractivity contribution < 1.29 is 29.2 Å². The maximum absolute atomic E-state index is 13.2. The lowest BCUT2D eigenvalue weighted by Crippen LogP contribution is -2.99. The number of benzene rings is 1. The molecule has 2 fully saturated rings. The predicted octanol–water partition coefficient (Wildman–Crippen LogP) is -1.44. The van der Waals surface area contributed by atoms with Crippen molar-refractivity contribution in [3.63, 3.8) is 0 Å². The lowest BCUT2D eigenvalue weighted by molar-refractivity contribution is -0.732. The molecule has 4 rings (SSSR count). The molecule has 0 aliphatic carbocycles. The highest BCUT2D eigenvalue weighted by Crippen LogP contribution is 2.49. The van der Waals surface area contributed by atoms with Gasteiger partial charge in [0.05, 0.1) is 25.3 Å². The Bertz CT molecular complexity index is 906. The fourth-order valence-electron chi connectivity index (χ4n) is 4.82. The molecule has 1 aromatic rings. The summed E-state index contributed by atoms with van der Waals surface area (Å²) in [4.78, 5) is 52.1. The standard InChI is InChI=1S/C18H19ClN4O5/c1-28-5-4-23-15(25)13-11(7-12(20)24)22-18(14(13)16(23)26)9-6-8(19)2-3-10(9)21-17(18)27/h2-3,6,11,13-14,22H,4-5,7H2,1H3,(H2,20,24)(H,21,27)/p+1/t11-,13+,14-,18+/m0/s1. The number of halogens is 1. The van der Waals surface area contributed by atoms with Gasteiger partial charge in [-0.3, -0.25) is 24.1 Å². The van der Waals surface area contributed by atoms with Crippen LogP contribution in [0.5, 0.6) is 0 Å². The van der Waals surface area contributed by atoms with Crippen LogP contribution in [0.2, 0.25) is 5.02 Å². The number of methoxy groups -OCH3 is 1. The number of imide groups is 1. The van der Waals surface area contributed by atoms with Crippen LogP contribution in [0.1, 0.15) is 12.0 Å². The molecular weight excluding hydrogens is 388 g/mol. The fourth-order valence-corrected chi connectivity index (χ4v) is 4.99. The average molecular weight is 408 g/mol. The molecule has 10 heteroatoms. The Morgan fingerprint density at radius 3 is 2.79 bits per heavy atom. The fraction of sp³-hybridized carbons (Fsp3) is 0.444. The topological polar surface area (TPSA) is 135 Å². The molecule has 3 aliphatic heterocycles. The molecular formula is C18H20ClN4O5+. The summed E-state index contributed by atoms with van der Waals surface area (Å²) in [7, 11) is 1.47. The maximum Gasteiger partial charge on any atom is 0.291 e. The summed E-state index contributed by atoms with van der Waals surface area (Å²) < 4.78 is 5.00. The molecule has 3 aliphatic rings. The summed E-state index contributed by atoms with van der Waals surface area (Å²) in [5.41, 5.74) is 5.10. The molecule has 28 heavy (non-hydrogen) atoms. The van der Waals surface area contributed by atoms with E-state index in [9.17, 15) is 19.2 Å². The molecule has 3 heterocycles. The van der Waals surface area contributed by atoms with Crippen molar-refractivity contribution in [1.82, 2.24) is 4.90 Å². The van der Waals surface area contributed by atoms with Crippen LogP contribution in [0.3, 0.4) is 0 Å². The average Bonchev–Trinajstić information content (AvgIpc) is 3.19. The van der Waals surface area contributed by atoms with E-state index in [1.54, 1.807) is 23.5 Å². The molecule has 4 amide bonds. The number of rotatable bonds is 5. The smallest absolute Gasteiger partial charge is 0.291 e. The molecule has 5 N–H and O–H groups in total. The predicted molar refractivity (Wildman–Crippen MR) is 96.9 cm³/mol. The van der Waals surface area contributed by atoms with Crippen molar-refractivity contribution >= 4 is 40.9 Å². The van der Waals surface area contributed by atoms with Gasteiger partial charge in [0.25, 0.3) is 5.91 Å². The summed E-state index contributed by atoms with van der Waals surface area (Å²) >= 11 is 6.15. The minimum atomic E-state index is -1.36. The number of amides is 4. The highest BCUT2D eigenvalue weighted by molar-refractivity contribution is 6.31. The summed E-state index contributed by atoms with van der Waals surface area (Å²) in [5.74, 6) is -3.62. The Balaban J connectivity index is 1.85. The van der Waals surface area contributed by atoms with E-state index in [4.69, 9.17) is 22.1 Å². The third-order valence-corrected chi connectivity index (χ3v) is 6.11. The van der Waals surface area contributed by atoms with Crippen molar-refractivity contribution in [1.29, 1.82) is 0 Å². The van der Waals surface area contributed by atoms with Gasteiger partial charge in [0.1, 0.15) is 17.9 Å². The number of ether oxygens (including phenoxy) is 1. The van der Waals surface area contributed by atoms with Crippen molar-refractivity contribution in [3.05, 3.63) is 28.8 Å². The first-order valence-corrected chi connectivity index (χ1v) is 9.29. The van der Waals surface area contributed by atoms with Gasteiger partial charge in [0, 0.05) is 17.7 Å². The van der Waals surface area contributed by atoms with Gasteiger partial charge >= 0.3 is 0 Å². The van der Waals surface area contributed by atoms with Gasteiger partial charge in [-0.15, -0.1) is 0 Å². The van der Waals surface area contributed by atoms with Crippen molar-refractivity contribution in [2.75, 3.05) is 25.6 Å². The van der Waals surface area contributed by atoms with E-state index < -0.39 is 47.0 Å². The van der Waals surface area contributed by atoms with Crippen LogP contribution < -0.4 is 16.4 Å². The number of fused-ring (bicyclic) bond motifs is 4. The number of likely N-dealkylation sites (tertiary alicyclic amines) is 1. The lowest BCUT2D eigenvalue weighted by Gasteiger charge is -2.26. The van der Waals surface area contributed by atoms with E-state index in [2.05, 4.69) is 5.32 Å². The molecule has 0 saturated carbocycles. The van der Waals surface area contributed by atoms with Crippen LogP contribution in [0.15, 0.2) is 18.2 Å². The Labute approximate surface area is 165 Å². The number of nitrogens with zero attached hydrogens (tertiary/aromatic N) is 1. The SMILES string of the molecule is COCCN1C(=O)[C@@H]2[C@H](CC(N)=O)[NH2+][C@@]3(C(=O)Nc4ccc(Cl)cc43)[C@@H]2C1=O. The monoisotopic (exact) mass is 407 g/mol. The van der Waals surface area contributed by atoms with Gasteiger partial charge in [-0.05, 0) is 18.2 Å². The molecule has 1 spiro atoms. The van der Waals surface area contributed by atoms with Crippen molar-refractivity contribution in [3.8, 4) is 0 Å². The number of nitrogens with two attached hydrogens (primary N) is 2. The molecule has 4 atom stereocenters. The summed E-state index contributed by atoms with van der Waals surface area (Å²) in [5, 5.41) is 4.84. The Kier molecular flexibility index (Phi) is 4.40. The number of hydrogen-bond donors (Lipinski definition) is 3. The summed E-state index contributed by atoms with van der Waals surface area (Å²) in [6.45, 7) is 0.271. The molecule has 9 nitrogen and oxygen atoms in total. The molecule has 0 unspecified atom stereocenters. The van der Waals surface area contributed by atoms with Crippen molar-refractivity contribution in [2.45, 2.75) is 18.0 Å². The number of carbonyl (C=O) groups is 4. The minimum absolute atomic E-state index is 0.0879. The van der Waals surface area contributed by atoms with Crippen LogP contribution in [0, 0.1) is 11.8 Å². The molecule has 0 bridgehead atoms. The molecule has 1 aromatic carbocycles. The number of quaternary nitrogens is 1. The number of carbonyl (C=O) groups excluding carboxylic acids is 4. The van der Waals surface area contributed by atoms with Gasteiger partial charge < -0.3 is 21.1 Å². The van der Waals surface area contributed by atoms with Crippen LogP contribution in [-0.4, -0.2) is 54.8 Å². The summed E-state index contributed by atoms with van der Waals surface area (Å²) in [6.07, 6.45) is -0.122. The van der Waals surface area contributed by atoms with Crippen LogP contribution in [0.25, 0.3) is 0 Å². The van der Waals surface area contributed by atoms with Crippen LogP contribution in [-0.2, 0) is 29.5 Å². The first kappa shape index (κ1) is 18.9. The maximum atomic E-state index is 13.2. The van der Waals surface area contributed by atoms with Gasteiger partial charge in [-0.1, -0.05) is 11.6 Å². The first-order chi connectivity index (χ1) is 13.3. The highest BCUT2D eigenvalue weighted by Gasteiger charge is 2.74. The normalized spacial score (nSPS) is 30.7. The highest BCUT2D eigenvalue weighted by atomic mass is 35.5. The van der Waals surface area contributed by atoms with E-state index in [0.29, 0.717) is 16.3 Å². The van der Waals surface area contributed by atoms with Gasteiger partial charge in [0.2, 0.25) is 23.3 Å². The quantitative estimate of drug-likeness (QED) is 0.513. The number of hydrogen-bond acceptors (Lipinski definition) is 5. The zero-order valence-corrected chi connectivity index (χ0v) is 15.9.